The summed E-state index contributed by atoms with van der Waals surface area (Å²) >= 11 is 0. The van der Waals surface area contributed by atoms with Gasteiger partial charge in [0.1, 0.15) is 0 Å². The van der Waals surface area contributed by atoms with Crippen LogP contribution in [0.4, 0.5) is 0 Å². The van der Waals surface area contributed by atoms with Crippen LogP contribution >= 0.6 is 10.7 Å². The normalized spacial score (nSPS) is 31.6. The zero-order valence-corrected chi connectivity index (χ0v) is 10.8. The Balaban J connectivity index is 1.80. The Morgan fingerprint density at radius 2 is 2.19 bits per heavy atom. The van der Waals surface area contributed by atoms with E-state index in [-0.39, 0.29) is 5.75 Å². The van der Waals surface area contributed by atoms with E-state index in [1.54, 1.807) is 0 Å². The Labute approximate surface area is 101 Å². The Kier molecular flexibility index (Phi) is 4.11. The quantitative estimate of drug-likeness (QED) is 0.718. The van der Waals surface area contributed by atoms with Crippen LogP contribution in [-0.2, 0) is 13.8 Å². The van der Waals surface area contributed by atoms with Crippen LogP contribution in [0.1, 0.15) is 25.7 Å². The van der Waals surface area contributed by atoms with Crippen molar-refractivity contribution in [3.05, 3.63) is 0 Å². The van der Waals surface area contributed by atoms with Crippen LogP contribution in [0.3, 0.4) is 0 Å². The summed E-state index contributed by atoms with van der Waals surface area (Å²) in [6.45, 7) is 2.51. The first kappa shape index (κ1) is 12.6. The van der Waals surface area contributed by atoms with E-state index in [9.17, 15) is 8.42 Å². The molecule has 1 aliphatic heterocycles. The van der Waals surface area contributed by atoms with Crippen molar-refractivity contribution in [1.29, 1.82) is 0 Å². The predicted octanol–water partition coefficient (Wildman–Crippen LogP) is 1.20. The molecule has 0 radical (unpaired) electrons. The minimum Gasteiger partial charge on any atom is -0.375 e. The average molecular weight is 268 g/mol. The second-order valence-corrected chi connectivity index (χ2v) is 7.44. The standard InChI is InChI=1S/C10H18ClNO3S/c11-16(13,14)8-2-5-12-6-7-15-10-4-1-3-9(10)12/h9-10H,1-8H2. The van der Waals surface area contributed by atoms with Crippen LogP contribution in [0.25, 0.3) is 0 Å². The van der Waals surface area contributed by atoms with Crippen molar-refractivity contribution >= 4 is 19.7 Å². The molecule has 2 aliphatic rings. The van der Waals surface area contributed by atoms with E-state index in [1.165, 1.54) is 12.8 Å². The molecule has 0 N–H and O–H groups in total. The van der Waals surface area contributed by atoms with E-state index < -0.39 is 9.05 Å². The summed E-state index contributed by atoms with van der Waals surface area (Å²) in [5, 5.41) is 0. The van der Waals surface area contributed by atoms with Gasteiger partial charge >= 0.3 is 0 Å². The molecule has 2 unspecified atom stereocenters. The molecule has 6 heteroatoms. The molecule has 4 nitrogen and oxygen atoms in total. The van der Waals surface area contributed by atoms with Crippen molar-refractivity contribution in [2.75, 3.05) is 25.4 Å². The molecular weight excluding hydrogens is 250 g/mol. The lowest BCUT2D eigenvalue weighted by Gasteiger charge is -2.37. The number of halogens is 1. The molecule has 1 saturated carbocycles. The molecular formula is C10H18ClNO3S. The number of rotatable bonds is 4. The molecule has 0 amide bonds. The van der Waals surface area contributed by atoms with Crippen molar-refractivity contribution in [2.24, 2.45) is 0 Å². The van der Waals surface area contributed by atoms with Gasteiger partial charge in [-0.25, -0.2) is 8.42 Å². The molecule has 1 aliphatic carbocycles. The summed E-state index contributed by atoms with van der Waals surface area (Å²) in [5.74, 6) is 0.0727. The summed E-state index contributed by atoms with van der Waals surface area (Å²) in [5.41, 5.74) is 0. The molecule has 2 atom stereocenters. The summed E-state index contributed by atoms with van der Waals surface area (Å²) in [6.07, 6.45) is 4.54. The maximum atomic E-state index is 10.8. The van der Waals surface area contributed by atoms with Crippen molar-refractivity contribution in [3.63, 3.8) is 0 Å². The van der Waals surface area contributed by atoms with Crippen molar-refractivity contribution in [1.82, 2.24) is 4.90 Å². The van der Waals surface area contributed by atoms with Gasteiger partial charge in [0, 0.05) is 23.3 Å². The molecule has 1 saturated heterocycles. The summed E-state index contributed by atoms with van der Waals surface area (Å²) in [6, 6.07) is 0.506. The van der Waals surface area contributed by atoms with Gasteiger partial charge in [0.05, 0.1) is 18.5 Å². The van der Waals surface area contributed by atoms with Crippen molar-refractivity contribution in [3.8, 4) is 0 Å². The molecule has 2 fully saturated rings. The number of hydrogen-bond acceptors (Lipinski definition) is 4. The minimum absolute atomic E-state index is 0.0727. The van der Waals surface area contributed by atoms with E-state index in [1.807, 2.05) is 0 Å². The lowest BCUT2D eigenvalue weighted by atomic mass is 10.1. The SMILES string of the molecule is O=S(=O)(Cl)CCCN1CCOC2CCCC21. The van der Waals surface area contributed by atoms with E-state index in [0.29, 0.717) is 18.6 Å². The zero-order chi connectivity index (χ0) is 11.6. The van der Waals surface area contributed by atoms with Crippen LogP contribution < -0.4 is 0 Å². The first-order valence-electron chi connectivity index (χ1n) is 5.84. The van der Waals surface area contributed by atoms with Crippen LogP contribution in [0.2, 0.25) is 0 Å². The van der Waals surface area contributed by atoms with Gasteiger partial charge in [-0.2, -0.15) is 0 Å². The topological polar surface area (TPSA) is 46.6 Å². The zero-order valence-electron chi connectivity index (χ0n) is 9.27. The largest absolute Gasteiger partial charge is 0.375 e. The van der Waals surface area contributed by atoms with Gasteiger partial charge in [-0.15, -0.1) is 0 Å². The van der Waals surface area contributed by atoms with Crippen molar-refractivity contribution in [2.45, 2.75) is 37.8 Å². The van der Waals surface area contributed by atoms with Gasteiger partial charge < -0.3 is 4.74 Å². The summed E-state index contributed by atoms with van der Waals surface area (Å²) in [4.78, 5) is 2.36. The van der Waals surface area contributed by atoms with Gasteiger partial charge in [-0.3, -0.25) is 4.90 Å². The van der Waals surface area contributed by atoms with Crippen LogP contribution in [0.15, 0.2) is 0 Å². The molecule has 0 aromatic heterocycles. The van der Waals surface area contributed by atoms with Gasteiger partial charge in [0.2, 0.25) is 9.05 Å². The first-order valence-corrected chi connectivity index (χ1v) is 8.32. The van der Waals surface area contributed by atoms with E-state index >= 15 is 0 Å². The molecule has 2 rings (SSSR count). The third-order valence-corrected chi connectivity index (χ3v) is 4.67. The number of hydrogen-bond donors (Lipinski definition) is 0. The Bertz CT molecular complexity index is 333. The van der Waals surface area contributed by atoms with Crippen molar-refractivity contribution < 1.29 is 13.2 Å². The number of fused-ring (bicyclic) bond motifs is 1. The maximum absolute atomic E-state index is 10.8. The third kappa shape index (κ3) is 3.32. The highest BCUT2D eigenvalue weighted by atomic mass is 35.7. The molecule has 0 spiro atoms. The lowest BCUT2D eigenvalue weighted by Crippen LogP contribution is -2.48. The molecule has 0 aromatic carbocycles. The van der Waals surface area contributed by atoms with Crippen LogP contribution in [0, 0.1) is 0 Å². The Hall–Kier alpha value is 0.160. The smallest absolute Gasteiger partial charge is 0.232 e. The monoisotopic (exact) mass is 267 g/mol. The minimum atomic E-state index is -3.33. The van der Waals surface area contributed by atoms with Gasteiger partial charge in [-0.05, 0) is 32.2 Å². The first-order chi connectivity index (χ1) is 7.56. The van der Waals surface area contributed by atoms with E-state index in [2.05, 4.69) is 4.90 Å². The number of nitrogens with zero attached hydrogens (tertiary/aromatic N) is 1. The highest BCUT2D eigenvalue weighted by molar-refractivity contribution is 8.13. The van der Waals surface area contributed by atoms with E-state index in [4.69, 9.17) is 15.4 Å². The maximum Gasteiger partial charge on any atom is 0.232 e. The molecule has 16 heavy (non-hydrogen) atoms. The van der Waals surface area contributed by atoms with Crippen LogP contribution in [-0.4, -0.2) is 50.9 Å². The van der Waals surface area contributed by atoms with Gasteiger partial charge in [-0.1, -0.05) is 0 Å². The fourth-order valence-corrected chi connectivity index (χ4v) is 3.52. The average Bonchev–Trinajstić information content (AvgIpc) is 2.64. The Morgan fingerprint density at radius 3 is 2.94 bits per heavy atom. The third-order valence-electron chi connectivity index (χ3n) is 3.43. The summed E-state index contributed by atoms with van der Waals surface area (Å²) in [7, 11) is 1.86. The fraction of sp³-hybridized carbons (Fsp3) is 1.00. The lowest BCUT2D eigenvalue weighted by molar-refractivity contribution is -0.0552. The highest BCUT2D eigenvalue weighted by Gasteiger charge is 2.35. The molecule has 0 aromatic rings. The van der Waals surface area contributed by atoms with E-state index in [0.717, 1.165) is 26.1 Å². The molecule has 94 valence electrons. The second kappa shape index (κ2) is 5.21. The number of ether oxygens (including phenoxy) is 1. The summed E-state index contributed by atoms with van der Waals surface area (Å²) < 4.78 is 27.3. The predicted molar refractivity (Wildman–Crippen MR) is 63.2 cm³/mol. The number of morpholine rings is 1. The molecule has 1 heterocycles. The second-order valence-electron chi connectivity index (χ2n) is 4.54. The van der Waals surface area contributed by atoms with Gasteiger partial charge in [0.25, 0.3) is 0 Å². The Morgan fingerprint density at radius 1 is 1.38 bits per heavy atom. The fourth-order valence-electron chi connectivity index (χ4n) is 2.72. The van der Waals surface area contributed by atoms with Crippen LogP contribution in [0.5, 0.6) is 0 Å². The molecule has 0 bridgehead atoms. The van der Waals surface area contributed by atoms with Gasteiger partial charge in [0.15, 0.2) is 0 Å². The highest BCUT2D eigenvalue weighted by Crippen LogP contribution is 2.29.